The summed E-state index contributed by atoms with van der Waals surface area (Å²) in [7, 11) is -4.09. The number of carbonyl (C=O) groups is 1. The average molecular weight is 401 g/mol. The second kappa shape index (κ2) is 7.30. The molecule has 1 fully saturated rings. The first kappa shape index (κ1) is 18.8. The van der Waals surface area contributed by atoms with Gasteiger partial charge in [0.25, 0.3) is 5.91 Å². The van der Waals surface area contributed by atoms with Crippen LogP contribution in [-0.4, -0.2) is 49.7 Å². The van der Waals surface area contributed by atoms with E-state index < -0.39 is 26.6 Å². The van der Waals surface area contributed by atoms with Crippen molar-refractivity contribution in [3.8, 4) is 0 Å². The Bertz CT molecular complexity index is 928. The molecule has 0 N–H and O–H groups in total. The summed E-state index contributed by atoms with van der Waals surface area (Å²) in [6.07, 6.45) is 0. The summed E-state index contributed by atoms with van der Waals surface area (Å²) in [5.41, 5.74) is 0.454. The molecular formula is C17H15ClF2N2O3S. The smallest absolute Gasteiger partial charge is 0.253 e. The Morgan fingerprint density at radius 2 is 1.58 bits per heavy atom. The highest BCUT2D eigenvalue weighted by Gasteiger charge is 2.32. The van der Waals surface area contributed by atoms with Gasteiger partial charge in [-0.2, -0.15) is 4.31 Å². The molecule has 2 aromatic rings. The lowest BCUT2D eigenvalue weighted by Gasteiger charge is -2.34. The first-order valence-corrected chi connectivity index (χ1v) is 9.61. The number of benzene rings is 2. The van der Waals surface area contributed by atoms with Crippen molar-refractivity contribution < 1.29 is 22.0 Å². The van der Waals surface area contributed by atoms with E-state index in [1.165, 1.54) is 4.90 Å². The van der Waals surface area contributed by atoms with Crippen molar-refractivity contribution in [3.63, 3.8) is 0 Å². The third kappa shape index (κ3) is 3.72. The molecule has 0 bridgehead atoms. The summed E-state index contributed by atoms with van der Waals surface area (Å²) in [4.78, 5) is 13.4. The lowest BCUT2D eigenvalue weighted by atomic mass is 10.2. The first-order chi connectivity index (χ1) is 12.3. The van der Waals surface area contributed by atoms with E-state index >= 15 is 0 Å². The Kier molecular flexibility index (Phi) is 5.27. The van der Waals surface area contributed by atoms with Gasteiger partial charge in [-0.25, -0.2) is 17.2 Å². The van der Waals surface area contributed by atoms with Gasteiger partial charge >= 0.3 is 0 Å². The summed E-state index contributed by atoms with van der Waals surface area (Å²) in [5.74, 6) is -2.21. The van der Waals surface area contributed by atoms with Gasteiger partial charge in [-0.3, -0.25) is 4.79 Å². The van der Waals surface area contributed by atoms with E-state index in [1.54, 1.807) is 24.3 Å². The summed E-state index contributed by atoms with van der Waals surface area (Å²) < 4.78 is 53.0. The lowest BCUT2D eigenvalue weighted by molar-refractivity contribution is 0.0697. The number of hydrogen-bond donors (Lipinski definition) is 0. The number of rotatable bonds is 3. The Balaban J connectivity index is 1.71. The minimum atomic E-state index is -4.09. The molecule has 0 saturated carbocycles. The Labute approximate surface area is 154 Å². The first-order valence-electron chi connectivity index (χ1n) is 7.79. The van der Waals surface area contributed by atoms with Crippen LogP contribution >= 0.6 is 11.6 Å². The molecule has 0 aromatic heterocycles. The van der Waals surface area contributed by atoms with Crippen molar-refractivity contribution >= 4 is 27.5 Å². The molecule has 26 heavy (non-hydrogen) atoms. The van der Waals surface area contributed by atoms with E-state index in [1.807, 2.05) is 0 Å². The van der Waals surface area contributed by atoms with E-state index in [0.717, 1.165) is 16.4 Å². The summed E-state index contributed by atoms with van der Waals surface area (Å²) in [6.45, 7) is 0.393. The minimum Gasteiger partial charge on any atom is -0.336 e. The molecule has 5 nitrogen and oxygen atoms in total. The molecule has 0 radical (unpaired) electrons. The number of carbonyl (C=O) groups excluding carboxylic acids is 1. The van der Waals surface area contributed by atoms with Gasteiger partial charge in [0.05, 0.1) is 0 Å². The van der Waals surface area contributed by atoms with Crippen LogP contribution in [-0.2, 0) is 10.0 Å². The van der Waals surface area contributed by atoms with E-state index in [-0.39, 0.29) is 32.1 Å². The van der Waals surface area contributed by atoms with Crippen LogP contribution in [0.15, 0.2) is 47.4 Å². The highest BCUT2D eigenvalue weighted by atomic mass is 35.5. The second-order valence-electron chi connectivity index (χ2n) is 5.78. The number of sulfonamides is 1. The largest absolute Gasteiger partial charge is 0.336 e. The van der Waals surface area contributed by atoms with Crippen molar-refractivity contribution in [1.29, 1.82) is 0 Å². The summed E-state index contributed by atoms with van der Waals surface area (Å²) in [6, 6.07) is 8.75. The molecule has 9 heteroatoms. The van der Waals surface area contributed by atoms with Crippen molar-refractivity contribution in [2.24, 2.45) is 0 Å². The second-order valence-corrected chi connectivity index (χ2v) is 8.12. The monoisotopic (exact) mass is 400 g/mol. The molecule has 1 heterocycles. The number of halogens is 3. The number of hydrogen-bond acceptors (Lipinski definition) is 3. The molecule has 0 spiro atoms. The van der Waals surface area contributed by atoms with Gasteiger partial charge in [0.15, 0.2) is 0 Å². The normalized spacial score (nSPS) is 15.9. The third-order valence-electron chi connectivity index (χ3n) is 4.13. The maximum Gasteiger partial charge on any atom is 0.253 e. The van der Waals surface area contributed by atoms with Crippen molar-refractivity contribution in [3.05, 3.63) is 64.7 Å². The highest BCUT2D eigenvalue weighted by molar-refractivity contribution is 7.89. The Morgan fingerprint density at radius 1 is 0.962 bits per heavy atom. The molecule has 2 aromatic carbocycles. The quantitative estimate of drug-likeness (QED) is 0.796. The fourth-order valence-electron chi connectivity index (χ4n) is 2.73. The van der Waals surface area contributed by atoms with Gasteiger partial charge in [0.1, 0.15) is 16.5 Å². The van der Waals surface area contributed by atoms with Crippen LogP contribution in [0.5, 0.6) is 0 Å². The molecule has 0 aliphatic carbocycles. The van der Waals surface area contributed by atoms with Gasteiger partial charge in [-0.1, -0.05) is 11.6 Å². The predicted octanol–water partition coefficient (Wildman–Crippen LogP) is 2.76. The van der Waals surface area contributed by atoms with Gasteiger partial charge in [-0.05, 0) is 36.4 Å². The molecule has 1 aliphatic heterocycles. The van der Waals surface area contributed by atoms with Crippen LogP contribution in [0.3, 0.4) is 0 Å². The van der Waals surface area contributed by atoms with Crippen LogP contribution in [0.4, 0.5) is 8.78 Å². The van der Waals surface area contributed by atoms with Crippen LogP contribution in [0.1, 0.15) is 10.4 Å². The maximum atomic E-state index is 13.8. The van der Waals surface area contributed by atoms with Crippen molar-refractivity contribution in [1.82, 2.24) is 9.21 Å². The fourth-order valence-corrected chi connectivity index (χ4v) is 4.32. The molecular weight excluding hydrogens is 386 g/mol. The zero-order valence-corrected chi connectivity index (χ0v) is 15.1. The maximum absolute atomic E-state index is 13.8. The summed E-state index contributed by atoms with van der Waals surface area (Å²) in [5, 5.41) is 0.513. The van der Waals surface area contributed by atoms with Crippen LogP contribution in [0.2, 0.25) is 5.02 Å². The SMILES string of the molecule is O=C(c1ccc(Cl)cc1)N1CCN(S(=O)(=O)c2ccc(F)cc2F)CC1. The van der Waals surface area contributed by atoms with Gasteiger partial charge < -0.3 is 4.90 Å². The molecule has 1 amide bonds. The zero-order chi connectivity index (χ0) is 18.9. The lowest BCUT2D eigenvalue weighted by Crippen LogP contribution is -2.50. The standard InChI is InChI=1S/C17H15ClF2N2O3S/c18-13-3-1-12(2-4-13)17(23)21-7-9-22(10-8-21)26(24,25)16-6-5-14(19)11-15(16)20/h1-6,11H,7-10H2. The molecule has 0 atom stereocenters. The van der Waals surface area contributed by atoms with Crippen LogP contribution in [0.25, 0.3) is 0 Å². The van der Waals surface area contributed by atoms with E-state index in [9.17, 15) is 22.0 Å². The van der Waals surface area contributed by atoms with E-state index in [4.69, 9.17) is 11.6 Å². The molecule has 3 rings (SSSR count). The fraction of sp³-hybridized carbons (Fsp3) is 0.235. The van der Waals surface area contributed by atoms with Gasteiger partial charge in [0, 0.05) is 42.8 Å². The Morgan fingerprint density at radius 3 is 2.15 bits per heavy atom. The third-order valence-corrected chi connectivity index (χ3v) is 6.31. The Hall–Kier alpha value is -2.03. The topological polar surface area (TPSA) is 57.7 Å². The van der Waals surface area contributed by atoms with E-state index in [2.05, 4.69) is 0 Å². The van der Waals surface area contributed by atoms with Crippen molar-refractivity contribution in [2.75, 3.05) is 26.2 Å². The average Bonchev–Trinajstić information content (AvgIpc) is 2.61. The molecule has 1 aliphatic rings. The van der Waals surface area contributed by atoms with E-state index in [0.29, 0.717) is 16.7 Å². The van der Waals surface area contributed by atoms with Gasteiger partial charge in [0.2, 0.25) is 10.0 Å². The number of piperazine rings is 1. The van der Waals surface area contributed by atoms with Crippen LogP contribution < -0.4 is 0 Å². The van der Waals surface area contributed by atoms with Crippen molar-refractivity contribution in [2.45, 2.75) is 4.90 Å². The zero-order valence-electron chi connectivity index (χ0n) is 13.5. The minimum absolute atomic E-state index is 0.0263. The number of amides is 1. The van der Waals surface area contributed by atoms with Gasteiger partial charge in [-0.15, -0.1) is 0 Å². The molecule has 138 valence electrons. The molecule has 0 unspecified atom stereocenters. The summed E-state index contributed by atoms with van der Waals surface area (Å²) >= 11 is 5.80. The molecule has 1 saturated heterocycles. The van der Waals surface area contributed by atoms with Crippen LogP contribution in [0, 0.1) is 11.6 Å². The number of nitrogens with zero attached hydrogens (tertiary/aromatic N) is 2. The predicted molar refractivity (Wildman–Crippen MR) is 92.5 cm³/mol. The highest BCUT2D eigenvalue weighted by Crippen LogP contribution is 2.22.